The molecule has 2 fully saturated rings. The van der Waals surface area contributed by atoms with Gasteiger partial charge in [-0.15, -0.1) is 0 Å². The predicted octanol–water partition coefficient (Wildman–Crippen LogP) is 3.15. The van der Waals surface area contributed by atoms with E-state index < -0.39 is 11.3 Å². The van der Waals surface area contributed by atoms with Gasteiger partial charge in [-0.25, -0.2) is 0 Å². The number of hydrogen-bond acceptors (Lipinski definition) is 6. The minimum Gasteiger partial charge on any atom is -0.508 e. The van der Waals surface area contributed by atoms with Crippen LogP contribution >= 0.6 is 0 Å². The fourth-order valence-corrected chi connectivity index (χ4v) is 5.36. The zero-order chi connectivity index (χ0) is 26.6. The van der Waals surface area contributed by atoms with E-state index in [-0.39, 0.29) is 40.8 Å². The Bertz CT molecular complexity index is 1420. The monoisotopic (exact) mass is 517 g/mol. The van der Waals surface area contributed by atoms with Gasteiger partial charge in [0.05, 0.1) is 11.9 Å². The number of carbonyl (C=O) groups is 3. The van der Waals surface area contributed by atoms with Crippen LogP contribution in [-0.2, 0) is 16.1 Å². The SMILES string of the molecule is O=C(NCC(=O)N1CCC(c2ccccc2CN2CCCCC2=O)CC1)c1cc(=O)c2ccc(O)cc2o1. The average Bonchev–Trinajstić information content (AvgIpc) is 2.93. The number of phenolic OH excluding ortho intramolecular Hbond substituents is 1. The number of benzene rings is 2. The normalized spacial score (nSPS) is 16.6. The van der Waals surface area contributed by atoms with Gasteiger partial charge in [0.2, 0.25) is 11.8 Å². The highest BCUT2D eigenvalue weighted by Gasteiger charge is 2.27. The van der Waals surface area contributed by atoms with Gasteiger partial charge in [-0.05, 0) is 54.9 Å². The Morgan fingerprint density at radius 3 is 2.58 bits per heavy atom. The van der Waals surface area contributed by atoms with Crippen molar-refractivity contribution >= 4 is 28.7 Å². The summed E-state index contributed by atoms with van der Waals surface area (Å²) in [5, 5.41) is 12.4. The summed E-state index contributed by atoms with van der Waals surface area (Å²) in [5.74, 6) is -0.660. The van der Waals surface area contributed by atoms with E-state index in [9.17, 15) is 24.3 Å². The predicted molar refractivity (Wildman–Crippen MR) is 141 cm³/mol. The number of amides is 3. The first-order chi connectivity index (χ1) is 18.4. The van der Waals surface area contributed by atoms with Crippen LogP contribution in [0.4, 0.5) is 0 Å². The molecule has 2 N–H and O–H groups in total. The molecule has 0 saturated carbocycles. The van der Waals surface area contributed by atoms with E-state index in [1.807, 2.05) is 17.0 Å². The second-order valence-electron chi connectivity index (χ2n) is 9.96. The minimum atomic E-state index is -0.670. The van der Waals surface area contributed by atoms with E-state index in [1.165, 1.54) is 29.3 Å². The smallest absolute Gasteiger partial charge is 0.287 e. The molecule has 5 rings (SSSR count). The molecule has 0 atom stereocenters. The quantitative estimate of drug-likeness (QED) is 0.518. The van der Waals surface area contributed by atoms with Crippen LogP contribution in [0.15, 0.2) is 57.7 Å². The second kappa shape index (κ2) is 11.1. The van der Waals surface area contributed by atoms with Crippen molar-refractivity contribution in [1.29, 1.82) is 0 Å². The summed E-state index contributed by atoms with van der Waals surface area (Å²) in [6.45, 7) is 2.36. The van der Waals surface area contributed by atoms with Crippen molar-refractivity contribution in [2.24, 2.45) is 0 Å². The summed E-state index contributed by atoms with van der Waals surface area (Å²) < 4.78 is 5.48. The van der Waals surface area contributed by atoms with Crippen LogP contribution in [0.1, 0.15) is 59.7 Å². The lowest BCUT2D eigenvalue weighted by atomic mass is 9.86. The van der Waals surface area contributed by atoms with Gasteiger partial charge >= 0.3 is 0 Å². The van der Waals surface area contributed by atoms with Gasteiger partial charge in [-0.3, -0.25) is 19.2 Å². The lowest BCUT2D eigenvalue weighted by molar-refractivity contribution is -0.134. The molecule has 0 radical (unpaired) electrons. The number of nitrogens with one attached hydrogen (secondary N) is 1. The highest BCUT2D eigenvalue weighted by Crippen LogP contribution is 2.31. The molecule has 0 aliphatic carbocycles. The third-order valence-electron chi connectivity index (χ3n) is 7.46. The molecule has 38 heavy (non-hydrogen) atoms. The topological polar surface area (TPSA) is 120 Å². The lowest BCUT2D eigenvalue weighted by Gasteiger charge is -2.34. The first-order valence-corrected chi connectivity index (χ1v) is 13.1. The van der Waals surface area contributed by atoms with E-state index >= 15 is 0 Å². The molecule has 0 bridgehead atoms. The van der Waals surface area contributed by atoms with Crippen molar-refractivity contribution in [2.45, 2.75) is 44.6 Å². The molecular formula is C29H31N3O6. The van der Waals surface area contributed by atoms with Crippen LogP contribution in [0.25, 0.3) is 11.0 Å². The summed E-state index contributed by atoms with van der Waals surface area (Å²) >= 11 is 0. The number of rotatable bonds is 6. The Labute approximate surface area is 220 Å². The maximum atomic E-state index is 12.8. The number of nitrogens with zero attached hydrogens (tertiary/aromatic N) is 2. The van der Waals surface area contributed by atoms with Crippen molar-refractivity contribution < 1.29 is 23.9 Å². The fraction of sp³-hybridized carbons (Fsp3) is 0.379. The molecule has 9 nitrogen and oxygen atoms in total. The maximum Gasteiger partial charge on any atom is 0.287 e. The summed E-state index contributed by atoms with van der Waals surface area (Å²) in [6, 6.07) is 13.4. The molecule has 3 aromatic rings. The van der Waals surface area contributed by atoms with Crippen LogP contribution < -0.4 is 10.7 Å². The second-order valence-corrected chi connectivity index (χ2v) is 9.96. The molecule has 2 saturated heterocycles. The third kappa shape index (κ3) is 5.56. The Kier molecular flexibility index (Phi) is 7.44. The molecule has 2 aliphatic heterocycles. The van der Waals surface area contributed by atoms with E-state index in [2.05, 4.69) is 17.4 Å². The zero-order valence-electron chi connectivity index (χ0n) is 21.2. The highest BCUT2D eigenvalue weighted by molar-refractivity contribution is 5.95. The number of phenols is 1. The standard InChI is InChI=1S/C29H31N3O6/c33-21-8-9-23-24(34)16-26(38-25(23)15-21)29(37)30-17-28(36)31-13-10-19(11-14-31)22-6-2-1-5-20(22)18-32-12-4-3-7-27(32)35/h1-2,5-6,8-9,15-16,19,33H,3-4,7,10-14,17-18H2,(H,30,37). The number of hydrogen-bond donors (Lipinski definition) is 2. The van der Waals surface area contributed by atoms with Crippen molar-refractivity contribution in [3.63, 3.8) is 0 Å². The number of likely N-dealkylation sites (tertiary alicyclic amines) is 2. The van der Waals surface area contributed by atoms with Crippen molar-refractivity contribution in [1.82, 2.24) is 15.1 Å². The summed E-state index contributed by atoms with van der Waals surface area (Å²) in [7, 11) is 0. The summed E-state index contributed by atoms with van der Waals surface area (Å²) in [4.78, 5) is 53.7. The zero-order valence-corrected chi connectivity index (χ0v) is 21.2. The van der Waals surface area contributed by atoms with Crippen molar-refractivity contribution in [2.75, 3.05) is 26.2 Å². The largest absolute Gasteiger partial charge is 0.508 e. The van der Waals surface area contributed by atoms with Crippen LogP contribution in [0.3, 0.4) is 0 Å². The number of aromatic hydroxyl groups is 1. The van der Waals surface area contributed by atoms with E-state index in [1.54, 1.807) is 4.90 Å². The first kappa shape index (κ1) is 25.5. The number of fused-ring (bicyclic) bond motifs is 1. The molecule has 3 heterocycles. The van der Waals surface area contributed by atoms with E-state index in [0.29, 0.717) is 32.0 Å². The Morgan fingerprint density at radius 1 is 1.00 bits per heavy atom. The summed E-state index contributed by atoms with van der Waals surface area (Å²) in [6.07, 6.45) is 4.23. The number of piperidine rings is 2. The molecule has 2 aromatic carbocycles. The van der Waals surface area contributed by atoms with Gasteiger partial charge in [0, 0.05) is 44.7 Å². The van der Waals surface area contributed by atoms with Crippen LogP contribution in [-0.4, -0.2) is 58.8 Å². The Hall–Kier alpha value is -4.14. The highest BCUT2D eigenvalue weighted by atomic mass is 16.3. The van der Waals surface area contributed by atoms with E-state index in [0.717, 1.165) is 38.3 Å². The van der Waals surface area contributed by atoms with Crippen molar-refractivity contribution in [3.05, 3.63) is 75.6 Å². The molecular weight excluding hydrogens is 486 g/mol. The lowest BCUT2D eigenvalue weighted by Crippen LogP contribution is -2.44. The van der Waals surface area contributed by atoms with Gasteiger partial charge in [0.1, 0.15) is 11.3 Å². The first-order valence-electron chi connectivity index (χ1n) is 13.1. The molecule has 9 heteroatoms. The van der Waals surface area contributed by atoms with Gasteiger partial charge < -0.3 is 24.6 Å². The van der Waals surface area contributed by atoms with Crippen LogP contribution in [0, 0.1) is 0 Å². The van der Waals surface area contributed by atoms with Gasteiger partial charge in [-0.2, -0.15) is 0 Å². The van der Waals surface area contributed by atoms with Gasteiger partial charge in [0.15, 0.2) is 11.2 Å². The van der Waals surface area contributed by atoms with Crippen LogP contribution in [0.2, 0.25) is 0 Å². The number of carbonyl (C=O) groups excluding carboxylic acids is 3. The fourth-order valence-electron chi connectivity index (χ4n) is 5.36. The van der Waals surface area contributed by atoms with Gasteiger partial charge in [-0.1, -0.05) is 24.3 Å². The molecule has 2 aliphatic rings. The molecule has 198 valence electrons. The Balaban J connectivity index is 1.16. The van der Waals surface area contributed by atoms with E-state index in [4.69, 9.17) is 4.42 Å². The van der Waals surface area contributed by atoms with Crippen molar-refractivity contribution in [3.8, 4) is 5.75 Å². The molecule has 0 unspecified atom stereocenters. The average molecular weight is 518 g/mol. The third-order valence-corrected chi connectivity index (χ3v) is 7.46. The Morgan fingerprint density at radius 2 is 1.79 bits per heavy atom. The molecule has 0 spiro atoms. The van der Waals surface area contributed by atoms with Gasteiger partial charge in [0.25, 0.3) is 5.91 Å². The summed E-state index contributed by atoms with van der Waals surface area (Å²) in [5.41, 5.74) is 2.10. The minimum absolute atomic E-state index is 0.0839. The maximum absolute atomic E-state index is 12.8. The molecule has 1 aromatic heterocycles. The van der Waals surface area contributed by atoms with Crippen LogP contribution in [0.5, 0.6) is 5.75 Å². The molecule has 3 amide bonds.